The second-order valence-electron chi connectivity index (χ2n) is 5.26. The summed E-state index contributed by atoms with van der Waals surface area (Å²) in [5.41, 5.74) is 5.18. The van der Waals surface area contributed by atoms with Gasteiger partial charge in [0.05, 0.1) is 11.7 Å². The summed E-state index contributed by atoms with van der Waals surface area (Å²) < 4.78 is 0. The highest BCUT2D eigenvalue weighted by atomic mass is 35.5. The lowest BCUT2D eigenvalue weighted by molar-refractivity contribution is 0.0954. The van der Waals surface area contributed by atoms with E-state index < -0.39 is 5.91 Å². The molecule has 5 nitrogen and oxygen atoms in total. The zero-order valence-corrected chi connectivity index (χ0v) is 13.6. The normalized spacial score (nSPS) is 11.1. The number of aromatic hydroxyl groups is 1. The van der Waals surface area contributed by atoms with Crippen LogP contribution in [0, 0.1) is 6.92 Å². The summed E-state index contributed by atoms with van der Waals surface area (Å²) in [5.74, 6) is -0.411. The first-order valence-corrected chi connectivity index (χ1v) is 7.61. The molecule has 0 atom stereocenters. The Balaban J connectivity index is 1.80. The third-order valence-electron chi connectivity index (χ3n) is 3.51. The van der Waals surface area contributed by atoms with Gasteiger partial charge in [-0.2, -0.15) is 5.10 Å². The monoisotopic (exact) mass is 339 g/mol. The van der Waals surface area contributed by atoms with Crippen LogP contribution in [0.1, 0.15) is 21.5 Å². The molecule has 0 unspecified atom stereocenters. The van der Waals surface area contributed by atoms with E-state index >= 15 is 0 Å². The molecule has 0 spiro atoms. The number of hydrogen-bond donors (Lipinski definition) is 2. The summed E-state index contributed by atoms with van der Waals surface area (Å²) in [6.07, 6.45) is 1.44. The van der Waals surface area contributed by atoms with Crippen molar-refractivity contribution in [3.8, 4) is 5.75 Å². The molecule has 0 aliphatic heterocycles. The molecule has 0 saturated carbocycles. The van der Waals surface area contributed by atoms with Crippen molar-refractivity contribution in [1.29, 1.82) is 0 Å². The van der Waals surface area contributed by atoms with Gasteiger partial charge in [-0.1, -0.05) is 35.9 Å². The molecule has 0 saturated heterocycles. The summed E-state index contributed by atoms with van der Waals surface area (Å²) in [5, 5.41) is 14.5. The lowest BCUT2D eigenvalue weighted by atomic mass is 10.1. The van der Waals surface area contributed by atoms with Gasteiger partial charge < -0.3 is 5.11 Å². The maximum absolute atomic E-state index is 11.9. The highest BCUT2D eigenvalue weighted by Gasteiger charge is 2.06. The summed E-state index contributed by atoms with van der Waals surface area (Å²) in [6.45, 7) is 1.97. The number of halogens is 1. The van der Waals surface area contributed by atoms with Gasteiger partial charge in [0.2, 0.25) is 0 Å². The van der Waals surface area contributed by atoms with E-state index in [-0.39, 0.29) is 5.75 Å². The number of rotatable bonds is 3. The lowest BCUT2D eigenvalue weighted by Gasteiger charge is -2.04. The van der Waals surface area contributed by atoms with Crippen molar-refractivity contribution in [3.63, 3.8) is 0 Å². The quantitative estimate of drug-likeness (QED) is 0.434. The molecule has 0 aliphatic rings. The van der Waals surface area contributed by atoms with Gasteiger partial charge in [-0.25, -0.2) is 10.4 Å². The number of aromatic nitrogens is 1. The number of aryl methyl sites for hydroxylation is 1. The topological polar surface area (TPSA) is 74.6 Å². The number of nitrogens with one attached hydrogen (secondary N) is 1. The molecule has 24 heavy (non-hydrogen) atoms. The largest absolute Gasteiger partial charge is 0.508 e. The Hall–Kier alpha value is -2.92. The van der Waals surface area contributed by atoms with Crippen molar-refractivity contribution in [2.75, 3.05) is 0 Å². The first kappa shape index (κ1) is 16.0. The van der Waals surface area contributed by atoms with E-state index in [1.54, 1.807) is 12.1 Å². The lowest BCUT2D eigenvalue weighted by Crippen LogP contribution is -2.17. The van der Waals surface area contributed by atoms with Gasteiger partial charge in [-0.05, 0) is 36.8 Å². The molecule has 0 fully saturated rings. The van der Waals surface area contributed by atoms with Gasteiger partial charge in [0, 0.05) is 16.5 Å². The number of pyridine rings is 1. The highest BCUT2D eigenvalue weighted by molar-refractivity contribution is 6.32. The van der Waals surface area contributed by atoms with Crippen LogP contribution in [0.4, 0.5) is 0 Å². The average Bonchev–Trinajstić information content (AvgIpc) is 2.56. The molecule has 1 aromatic heterocycles. The predicted molar refractivity (Wildman–Crippen MR) is 94.7 cm³/mol. The zero-order valence-electron chi connectivity index (χ0n) is 12.8. The van der Waals surface area contributed by atoms with Gasteiger partial charge in [0.1, 0.15) is 10.9 Å². The van der Waals surface area contributed by atoms with Gasteiger partial charge >= 0.3 is 0 Å². The van der Waals surface area contributed by atoms with Gasteiger partial charge in [-0.15, -0.1) is 0 Å². The molecular weight excluding hydrogens is 326 g/mol. The smallest absolute Gasteiger partial charge is 0.271 e. The highest BCUT2D eigenvalue weighted by Crippen LogP contribution is 2.21. The van der Waals surface area contributed by atoms with E-state index in [4.69, 9.17) is 11.6 Å². The number of phenolic OH excluding ortho intramolecular Hbond substituents is 1. The Morgan fingerprint density at radius 2 is 2.04 bits per heavy atom. The summed E-state index contributed by atoms with van der Waals surface area (Å²) in [6, 6.07) is 13.7. The van der Waals surface area contributed by atoms with Crippen molar-refractivity contribution in [2.45, 2.75) is 6.92 Å². The second-order valence-corrected chi connectivity index (χ2v) is 5.62. The van der Waals surface area contributed by atoms with Crippen LogP contribution in [0.5, 0.6) is 5.75 Å². The predicted octanol–water partition coefficient (Wildman–Crippen LogP) is 3.67. The maximum atomic E-state index is 11.9. The molecule has 0 bridgehead atoms. The molecular formula is C18H14ClN3O2. The molecule has 0 radical (unpaired) electrons. The minimum Gasteiger partial charge on any atom is -0.508 e. The Morgan fingerprint density at radius 1 is 1.25 bits per heavy atom. The number of hydrogen-bond acceptors (Lipinski definition) is 4. The Kier molecular flexibility index (Phi) is 4.44. The van der Waals surface area contributed by atoms with E-state index in [0.29, 0.717) is 16.3 Å². The summed E-state index contributed by atoms with van der Waals surface area (Å²) >= 11 is 6.18. The van der Waals surface area contributed by atoms with E-state index in [2.05, 4.69) is 15.5 Å². The minimum absolute atomic E-state index is 0.0174. The SMILES string of the molecule is Cc1cccc2cc(/C=N\NC(=O)c3cccc(O)c3)c(Cl)nc12. The zero-order chi connectivity index (χ0) is 17.1. The third-order valence-corrected chi connectivity index (χ3v) is 3.81. The first-order valence-electron chi connectivity index (χ1n) is 7.23. The van der Waals surface area contributed by atoms with Crippen molar-refractivity contribution in [3.05, 3.63) is 70.4 Å². The first-order chi connectivity index (χ1) is 11.5. The summed E-state index contributed by atoms with van der Waals surface area (Å²) in [4.78, 5) is 16.3. The number of fused-ring (bicyclic) bond motifs is 1. The van der Waals surface area contributed by atoms with E-state index in [1.807, 2.05) is 31.2 Å². The standard InChI is InChI=1S/C18H14ClN3O2/c1-11-4-2-5-12-8-14(17(19)21-16(11)12)10-20-22-18(24)13-6-3-7-15(23)9-13/h2-10,23H,1H3,(H,22,24)/b20-10-. The fraction of sp³-hybridized carbons (Fsp3) is 0.0556. The number of phenols is 1. The fourth-order valence-corrected chi connectivity index (χ4v) is 2.49. The molecule has 2 aromatic carbocycles. The van der Waals surface area contributed by atoms with Crippen LogP contribution in [0.15, 0.2) is 53.6 Å². The van der Waals surface area contributed by atoms with Crippen LogP contribution in [0.25, 0.3) is 10.9 Å². The Labute approximate surface area is 143 Å². The van der Waals surface area contributed by atoms with E-state index in [1.165, 1.54) is 18.3 Å². The van der Waals surface area contributed by atoms with Gasteiger partial charge in [0.15, 0.2) is 0 Å². The number of para-hydroxylation sites is 1. The molecule has 3 aromatic rings. The van der Waals surface area contributed by atoms with Crippen molar-refractivity contribution in [1.82, 2.24) is 10.4 Å². The number of nitrogens with zero attached hydrogens (tertiary/aromatic N) is 2. The molecule has 1 heterocycles. The van der Waals surface area contributed by atoms with Crippen LogP contribution in [0.2, 0.25) is 5.15 Å². The van der Waals surface area contributed by atoms with Crippen LogP contribution in [-0.2, 0) is 0 Å². The van der Waals surface area contributed by atoms with Gasteiger partial charge in [-0.3, -0.25) is 4.79 Å². The minimum atomic E-state index is -0.428. The molecule has 120 valence electrons. The second kappa shape index (κ2) is 6.68. The molecule has 1 amide bonds. The number of amides is 1. The fourth-order valence-electron chi connectivity index (χ4n) is 2.30. The molecule has 6 heteroatoms. The third kappa shape index (κ3) is 3.36. The number of carbonyl (C=O) groups is 1. The van der Waals surface area contributed by atoms with Crippen LogP contribution >= 0.6 is 11.6 Å². The van der Waals surface area contributed by atoms with Crippen molar-refractivity contribution >= 4 is 34.6 Å². The number of benzene rings is 2. The van der Waals surface area contributed by atoms with Crippen molar-refractivity contribution < 1.29 is 9.90 Å². The number of hydrazone groups is 1. The molecule has 0 aliphatic carbocycles. The Bertz CT molecular complexity index is 954. The van der Waals surface area contributed by atoms with Crippen LogP contribution < -0.4 is 5.43 Å². The number of carbonyl (C=O) groups excluding carboxylic acids is 1. The molecule has 3 rings (SSSR count). The Morgan fingerprint density at radius 3 is 2.83 bits per heavy atom. The van der Waals surface area contributed by atoms with E-state index in [9.17, 15) is 9.90 Å². The van der Waals surface area contributed by atoms with E-state index in [0.717, 1.165) is 16.5 Å². The van der Waals surface area contributed by atoms with Crippen molar-refractivity contribution in [2.24, 2.45) is 5.10 Å². The van der Waals surface area contributed by atoms with Crippen LogP contribution in [-0.4, -0.2) is 22.2 Å². The average molecular weight is 340 g/mol. The van der Waals surface area contributed by atoms with Gasteiger partial charge in [0.25, 0.3) is 5.91 Å². The summed E-state index contributed by atoms with van der Waals surface area (Å²) in [7, 11) is 0. The maximum Gasteiger partial charge on any atom is 0.271 e. The molecule has 2 N–H and O–H groups in total. The van der Waals surface area contributed by atoms with Crippen LogP contribution in [0.3, 0.4) is 0 Å².